The van der Waals surface area contributed by atoms with Gasteiger partial charge in [0.2, 0.25) is 5.91 Å². The molecule has 0 radical (unpaired) electrons. The quantitative estimate of drug-likeness (QED) is 0.718. The van der Waals surface area contributed by atoms with E-state index in [1.54, 1.807) is 49.4 Å². The molecular weight excluding hydrogens is 348 g/mol. The summed E-state index contributed by atoms with van der Waals surface area (Å²) in [6.07, 6.45) is 0.366. The fraction of sp³-hybridized carbons (Fsp3) is 0.263. The molecule has 0 fully saturated rings. The molecular formula is C19H20N4O4. The van der Waals surface area contributed by atoms with Gasteiger partial charge in [-0.1, -0.05) is 24.3 Å². The van der Waals surface area contributed by atoms with Crippen LogP contribution in [0.15, 0.2) is 47.3 Å². The van der Waals surface area contributed by atoms with Gasteiger partial charge in [-0.3, -0.25) is 9.59 Å². The van der Waals surface area contributed by atoms with Crippen molar-refractivity contribution in [2.24, 2.45) is 0 Å². The van der Waals surface area contributed by atoms with E-state index in [-0.39, 0.29) is 5.56 Å². The number of methoxy groups -OCH3 is 2. The number of carbonyl (C=O) groups is 1. The highest BCUT2D eigenvalue weighted by molar-refractivity contribution is 5.95. The van der Waals surface area contributed by atoms with Crippen molar-refractivity contribution in [3.63, 3.8) is 0 Å². The van der Waals surface area contributed by atoms with Crippen LogP contribution in [0, 0.1) is 0 Å². The van der Waals surface area contributed by atoms with Gasteiger partial charge in [-0.05, 0) is 30.7 Å². The fourth-order valence-corrected chi connectivity index (χ4v) is 2.80. The lowest BCUT2D eigenvalue weighted by molar-refractivity contribution is -0.119. The number of ether oxygens (including phenoxy) is 2. The zero-order valence-corrected chi connectivity index (χ0v) is 15.3. The molecule has 0 aliphatic carbocycles. The minimum Gasteiger partial charge on any atom is -0.497 e. The molecule has 1 atom stereocenters. The summed E-state index contributed by atoms with van der Waals surface area (Å²) in [5, 5.41) is 11.2. The van der Waals surface area contributed by atoms with Gasteiger partial charge in [-0.2, -0.15) is 4.68 Å². The smallest absolute Gasteiger partial charge is 0.278 e. The van der Waals surface area contributed by atoms with Crippen molar-refractivity contribution in [1.29, 1.82) is 0 Å². The second kappa shape index (κ2) is 7.86. The molecule has 140 valence electrons. The van der Waals surface area contributed by atoms with E-state index in [0.717, 1.165) is 4.68 Å². The van der Waals surface area contributed by atoms with Crippen molar-refractivity contribution in [3.8, 4) is 11.5 Å². The summed E-state index contributed by atoms with van der Waals surface area (Å²) in [4.78, 5) is 25.6. The molecule has 1 N–H and O–H groups in total. The van der Waals surface area contributed by atoms with Gasteiger partial charge in [-0.25, -0.2) is 0 Å². The number of hydrogen-bond acceptors (Lipinski definition) is 6. The molecule has 2 aromatic carbocycles. The summed E-state index contributed by atoms with van der Waals surface area (Å²) in [5.74, 6) is 0.661. The Balaban J connectivity index is 1.96. The van der Waals surface area contributed by atoms with E-state index in [4.69, 9.17) is 9.47 Å². The number of carbonyl (C=O) groups excluding carboxylic acids is 1. The summed E-state index contributed by atoms with van der Waals surface area (Å²) in [5.41, 5.74) is 0.575. The van der Waals surface area contributed by atoms with Crippen LogP contribution >= 0.6 is 0 Å². The third kappa shape index (κ3) is 3.59. The molecule has 0 saturated carbocycles. The number of amides is 1. The number of hydrogen-bond donors (Lipinski definition) is 1. The Morgan fingerprint density at radius 1 is 1.19 bits per heavy atom. The van der Waals surface area contributed by atoms with E-state index in [9.17, 15) is 9.59 Å². The summed E-state index contributed by atoms with van der Waals surface area (Å²) >= 11 is 0. The van der Waals surface area contributed by atoms with Crippen LogP contribution in [-0.2, 0) is 4.79 Å². The highest BCUT2D eigenvalue weighted by Crippen LogP contribution is 2.29. The summed E-state index contributed by atoms with van der Waals surface area (Å²) in [6.45, 7) is 1.80. The van der Waals surface area contributed by atoms with E-state index < -0.39 is 11.9 Å². The number of anilines is 1. The standard InChI is InChI=1S/C19H20N4O4/c1-4-16(23-19(25)13-7-5-6-8-14(13)21-22-23)18(24)20-15-11-12(26-2)9-10-17(15)27-3/h5-11,16H,4H2,1-3H3,(H,20,24). The molecule has 3 aromatic rings. The Morgan fingerprint density at radius 2 is 1.96 bits per heavy atom. The van der Waals surface area contributed by atoms with Crippen LogP contribution in [0.2, 0.25) is 0 Å². The fourth-order valence-electron chi connectivity index (χ4n) is 2.80. The Hall–Kier alpha value is -3.42. The predicted octanol–water partition coefficient (Wildman–Crippen LogP) is 2.40. The van der Waals surface area contributed by atoms with Gasteiger partial charge in [0.05, 0.1) is 25.3 Å². The largest absolute Gasteiger partial charge is 0.497 e. The van der Waals surface area contributed by atoms with Crippen molar-refractivity contribution in [2.45, 2.75) is 19.4 Å². The van der Waals surface area contributed by atoms with Gasteiger partial charge < -0.3 is 14.8 Å². The predicted molar refractivity (Wildman–Crippen MR) is 101 cm³/mol. The van der Waals surface area contributed by atoms with Crippen molar-refractivity contribution in [3.05, 3.63) is 52.8 Å². The lowest BCUT2D eigenvalue weighted by Crippen LogP contribution is -2.35. The molecule has 3 rings (SSSR count). The lowest BCUT2D eigenvalue weighted by Gasteiger charge is -2.18. The minimum atomic E-state index is -0.814. The Morgan fingerprint density at radius 3 is 2.67 bits per heavy atom. The molecule has 0 bridgehead atoms. The van der Waals surface area contributed by atoms with Gasteiger partial charge in [0.1, 0.15) is 23.1 Å². The van der Waals surface area contributed by atoms with Gasteiger partial charge in [0, 0.05) is 6.07 Å². The molecule has 0 spiro atoms. The van der Waals surface area contributed by atoms with Gasteiger partial charge in [-0.15, -0.1) is 5.10 Å². The molecule has 8 nitrogen and oxygen atoms in total. The molecule has 8 heteroatoms. The van der Waals surface area contributed by atoms with Crippen LogP contribution in [0.5, 0.6) is 11.5 Å². The van der Waals surface area contributed by atoms with E-state index in [2.05, 4.69) is 15.6 Å². The van der Waals surface area contributed by atoms with Gasteiger partial charge in [0.25, 0.3) is 5.56 Å². The average molecular weight is 368 g/mol. The molecule has 0 saturated heterocycles. The monoisotopic (exact) mass is 368 g/mol. The van der Waals surface area contributed by atoms with Crippen LogP contribution in [0.25, 0.3) is 10.9 Å². The van der Waals surface area contributed by atoms with Crippen molar-refractivity contribution < 1.29 is 14.3 Å². The van der Waals surface area contributed by atoms with Crippen LogP contribution in [-0.4, -0.2) is 35.1 Å². The van der Waals surface area contributed by atoms with Crippen molar-refractivity contribution >= 4 is 22.5 Å². The highest BCUT2D eigenvalue weighted by Gasteiger charge is 2.23. The van der Waals surface area contributed by atoms with Crippen LogP contribution < -0.4 is 20.3 Å². The maximum absolute atomic E-state index is 12.9. The minimum absolute atomic E-state index is 0.361. The topological polar surface area (TPSA) is 95.3 Å². The molecule has 1 aromatic heterocycles. The number of rotatable bonds is 6. The first-order chi connectivity index (χ1) is 13.1. The van der Waals surface area contributed by atoms with Gasteiger partial charge >= 0.3 is 0 Å². The number of fused-ring (bicyclic) bond motifs is 1. The van der Waals surface area contributed by atoms with E-state index in [1.165, 1.54) is 14.2 Å². The molecule has 27 heavy (non-hydrogen) atoms. The first-order valence-corrected chi connectivity index (χ1v) is 8.46. The Kier molecular flexibility index (Phi) is 5.35. The zero-order valence-electron chi connectivity index (χ0n) is 15.3. The molecule has 0 aliphatic rings. The molecule has 1 heterocycles. The third-order valence-electron chi connectivity index (χ3n) is 4.24. The molecule has 0 aliphatic heterocycles. The molecule has 1 amide bonds. The second-order valence-electron chi connectivity index (χ2n) is 5.84. The van der Waals surface area contributed by atoms with Crippen LogP contribution in [0.1, 0.15) is 19.4 Å². The Labute approximate surface area is 155 Å². The second-order valence-corrected chi connectivity index (χ2v) is 5.84. The van der Waals surface area contributed by atoms with Crippen LogP contribution in [0.3, 0.4) is 0 Å². The number of aromatic nitrogens is 3. The SMILES string of the molecule is CCC(C(=O)Nc1cc(OC)ccc1OC)n1nnc2ccccc2c1=O. The van der Waals surface area contributed by atoms with Crippen molar-refractivity contribution in [1.82, 2.24) is 15.0 Å². The lowest BCUT2D eigenvalue weighted by atomic mass is 10.2. The maximum Gasteiger partial charge on any atom is 0.278 e. The number of nitrogens with one attached hydrogen (secondary N) is 1. The Bertz CT molecular complexity index is 1030. The van der Waals surface area contributed by atoms with E-state index >= 15 is 0 Å². The normalized spacial score (nSPS) is 11.8. The molecule has 1 unspecified atom stereocenters. The van der Waals surface area contributed by atoms with Crippen molar-refractivity contribution in [2.75, 3.05) is 19.5 Å². The van der Waals surface area contributed by atoms with Gasteiger partial charge in [0.15, 0.2) is 0 Å². The highest BCUT2D eigenvalue weighted by atomic mass is 16.5. The number of nitrogens with zero attached hydrogens (tertiary/aromatic N) is 3. The summed E-state index contributed by atoms with van der Waals surface area (Å²) < 4.78 is 11.6. The third-order valence-corrected chi connectivity index (χ3v) is 4.24. The van der Waals surface area contributed by atoms with E-state index in [0.29, 0.717) is 34.5 Å². The van der Waals surface area contributed by atoms with E-state index in [1.807, 2.05) is 0 Å². The summed E-state index contributed by atoms with van der Waals surface area (Å²) in [6, 6.07) is 11.2. The number of benzene rings is 2. The van der Waals surface area contributed by atoms with Crippen LogP contribution in [0.4, 0.5) is 5.69 Å². The average Bonchev–Trinajstić information content (AvgIpc) is 2.70. The first-order valence-electron chi connectivity index (χ1n) is 8.46. The zero-order chi connectivity index (χ0) is 19.4. The summed E-state index contributed by atoms with van der Waals surface area (Å²) in [7, 11) is 3.04. The first kappa shape index (κ1) is 18.4. The maximum atomic E-state index is 12.9.